The van der Waals surface area contributed by atoms with Gasteiger partial charge in [0.1, 0.15) is 37.6 Å². The summed E-state index contributed by atoms with van der Waals surface area (Å²) in [5, 5.41) is 0. The van der Waals surface area contributed by atoms with E-state index in [0.717, 1.165) is 51.3 Å². The number of methoxy groups -OCH3 is 1. The molecule has 54 heavy (non-hydrogen) atoms. The third kappa shape index (κ3) is 8.80. The van der Waals surface area contributed by atoms with E-state index < -0.39 is 30.2 Å². The predicted octanol–water partition coefficient (Wildman–Crippen LogP) is 7.67. The lowest BCUT2D eigenvalue weighted by Gasteiger charge is -2.52. The van der Waals surface area contributed by atoms with Crippen LogP contribution < -0.4 is 9.47 Å². The number of benzene rings is 5. The van der Waals surface area contributed by atoms with E-state index in [4.69, 9.17) is 37.6 Å². The zero-order valence-corrected chi connectivity index (χ0v) is 31.9. The SMILES string of the molecule is CCc1ccc(C2(OC)O[C@H](CO[Si])[C@@H](OCc3ccccc3)[C@H](OCc3ccccc3)[C@H]2OCc2ccccc2)cc1Cc1ccc2c(c1)OCCO2. The van der Waals surface area contributed by atoms with E-state index in [1.165, 1.54) is 5.56 Å². The minimum absolute atomic E-state index is 0.162. The second kappa shape index (κ2) is 18.3. The van der Waals surface area contributed by atoms with Gasteiger partial charge in [0, 0.05) is 12.7 Å². The smallest absolute Gasteiger partial charge is 0.246 e. The minimum atomic E-state index is -1.41. The Morgan fingerprint density at radius 1 is 0.630 bits per heavy atom. The fraction of sp³-hybridized carbons (Fsp3) is 0.333. The highest BCUT2D eigenvalue weighted by Gasteiger charge is 2.58. The topological polar surface area (TPSA) is 73.8 Å². The normalized spacial score (nSPS) is 22.2. The fourth-order valence-electron chi connectivity index (χ4n) is 7.34. The first-order chi connectivity index (χ1) is 26.6. The molecule has 279 valence electrons. The molecule has 2 aliphatic heterocycles. The molecule has 5 atom stereocenters. The number of fused-ring (bicyclic) bond motifs is 1. The summed E-state index contributed by atoms with van der Waals surface area (Å²) in [6.07, 6.45) is -1.10. The van der Waals surface area contributed by atoms with Crippen molar-refractivity contribution in [2.75, 3.05) is 26.9 Å². The summed E-state index contributed by atoms with van der Waals surface area (Å²) in [5.74, 6) is 0.127. The molecule has 9 heteroatoms. The van der Waals surface area contributed by atoms with Crippen LogP contribution in [-0.4, -0.2) is 61.8 Å². The van der Waals surface area contributed by atoms with Crippen LogP contribution in [0.25, 0.3) is 0 Å². The molecule has 0 spiro atoms. The van der Waals surface area contributed by atoms with Gasteiger partial charge in [0.15, 0.2) is 11.5 Å². The van der Waals surface area contributed by atoms with Gasteiger partial charge in [0.2, 0.25) is 16.3 Å². The quantitative estimate of drug-likeness (QED) is 0.0955. The number of ether oxygens (including phenoxy) is 7. The van der Waals surface area contributed by atoms with Crippen molar-refractivity contribution >= 4 is 10.5 Å². The lowest BCUT2D eigenvalue weighted by atomic mass is 9.85. The van der Waals surface area contributed by atoms with Crippen molar-refractivity contribution in [3.63, 3.8) is 0 Å². The predicted molar refractivity (Wildman–Crippen MR) is 206 cm³/mol. The maximum absolute atomic E-state index is 7.14. The summed E-state index contributed by atoms with van der Waals surface area (Å²) in [4.78, 5) is 0. The van der Waals surface area contributed by atoms with Crippen LogP contribution in [0.15, 0.2) is 127 Å². The van der Waals surface area contributed by atoms with Gasteiger partial charge in [-0.3, -0.25) is 0 Å². The average molecular weight is 744 g/mol. The molecule has 0 saturated carbocycles. The van der Waals surface area contributed by atoms with Crippen molar-refractivity contribution in [3.05, 3.63) is 166 Å². The molecule has 5 aromatic carbocycles. The van der Waals surface area contributed by atoms with E-state index in [1.807, 2.05) is 84.9 Å². The molecular formula is C45H47O8Si. The number of hydrogen-bond acceptors (Lipinski definition) is 8. The number of rotatable bonds is 16. The second-order valence-electron chi connectivity index (χ2n) is 13.6. The van der Waals surface area contributed by atoms with E-state index in [1.54, 1.807) is 7.11 Å². The highest BCUT2D eigenvalue weighted by atomic mass is 28.2. The molecule has 1 unspecified atom stereocenters. The van der Waals surface area contributed by atoms with Gasteiger partial charge in [-0.15, -0.1) is 0 Å². The van der Waals surface area contributed by atoms with E-state index in [2.05, 4.69) is 59.9 Å². The molecule has 8 nitrogen and oxygen atoms in total. The zero-order valence-electron chi connectivity index (χ0n) is 30.9. The molecule has 0 amide bonds. The Labute approximate surface area is 321 Å². The molecule has 2 aliphatic rings. The van der Waals surface area contributed by atoms with Gasteiger partial charge < -0.3 is 37.6 Å². The molecule has 1 fully saturated rings. The minimum Gasteiger partial charge on any atom is -0.486 e. The maximum Gasteiger partial charge on any atom is 0.246 e. The Morgan fingerprint density at radius 3 is 1.81 bits per heavy atom. The van der Waals surface area contributed by atoms with Crippen LogP contribution in [0.5, 0.6) is 11.5 Å². The van der Waals surface area contributed by atoms with Gasteiger partial charge >= 0.3 is 0 Å². The van der Waals surface area contributed by atoms with Gasteiger partial charge in [0.05, 0.1) is 26.4 Å². The molecule has 7 rings (SSSR count). The van der Waals surface area contributed by atoms with Gasteiger partial charge in [-0.25, -0.2) is 0 Å². The van der Waals surface area contributed by atoms with E-state index >= 15 is 0 Å². The summed E-state index contributed by atoms with van der Waals surface area (Å²) in [5.41, 5.74) is 7.35. The Bertz CT molecular complexity index is 1910. The molecule has 5 aromatic rings. The molecule has 3 radical (unpaired) electrons. The molecule has 0 N–H and O–H groups in total. The third-order valence-corrected chi connectivity index (χ3v) is 10.2. The van der Waals surface area contributed by atoms with Crippen molar-refractivity contribution in [2.24, 2.45) is 0 Å². The largest absolute Gasteiger partial charge is 0.486 e. The summed E-state index contributed by atoms with van der Waals surface area (Å²) in [6, 6.07) is 42.9. The molecule has 0 bridgehead atoms. The second-order valence-corrected chi connectivity index (χ2v) is 13.9. The maximum atomic E-state index is 7.14. The van der Waals surface area contributed by atoms with E-state index in [-0.39, 0.29) is 6.61 Å². The summed E-state index contributed by atoms with van der Waals surface area (Å²) >= 11 is 0. The van der Waals surface area contributed by atoms with Crippen molar-refractivity contribution in [2.45, 2.75) is 69.8 Å². The summed E-state index contributed by atoms with van der Waals surface area (Å²) in [7, 11) is 4.94. The van der Waals surface area contributed by atoms with Gasteiger partial charge in [-0.1, -0.05) is 116 Å². The molecule has 2 heterocycles. The van der Waals surface area contributed by atoms with Crippen LogP contribution in [0.3, 0.4) is 0 Å². The first-order valence-electron chi connectivity index (χ1n) is 18.6. The Kier molecular flexibility index (Phi) is 12.9. The van der Waals surface area contributed by atoms with Crippen LogP contribution in [0.1, 0.15) is 45.9 Å². The molecule has 0 aliphatic carbocycles. The molecule has 1 saturated heterocycles. The lowest BCUT2D eigenvalue weighted by Crippen LogP contribution is -2.66. The first-order valence-corrected chi connectivity index (χ1v) is 19.0. The van der Waals surface area contributed by atoms with E-state index in [0.29, 0.717) is 39.5 Å². The summed E-state index contributed by atoms with van der Waals surface area (Å²) < 4.78 is 51.8. The van der Waals surface area contributed by atoms with Crippen molar-refractivity contribution in [1.29, 1.82) is 0 Å². The van der Waals surface area contributed by atoms with Gasteiger partial charge in [-0.05, 0) is 64.4 Å². The van der Waals surface area contributed by atoms with Crippen LogP contribution in [0.2, 0.25) is 0 Å². The van der Waals surface area contributed by atoms with Crippen molar-refractivity contribution in [3.8, 4) is 11.5 Å². The molecular weight excluding hydrogens is 697 g/mol. The van der Waals surface area contributed by atoms with Crippen LogP contribution in [0.4, 0.5) is 0 Å². The highest BCUT2D eigenvalue weighted by Crippen LogP contribution is 2.45. The fourth-order valence-corrected chi connectivity index (χ4v) is 7.50. The van der Waals surface area contributed by atoms with Gasteiger partial charge in [-0.2, -0.15) is 0 Å². The number of hydrogen-bond donors (Lipinski definition) is 0. The van der Waals surface area contributed by atoms with Crippen LogP contribution >= 0.6 is 0 Å². The third-order valence-electron chi connectivity index (χ3n) is 10.1. The lowest BCUT2D eigenvalue weighted by molar-refractivity contribution is -0.383. The average Bonchev–Trinajstić information content (AvgIpc) is 3.23. The first kappa shape index (κ1) is 38.0. The standard InChI is InChI=1S/C45H47O8Si/c1-3-36-20-21-38(27-37(36)25-35-19-22-39-40(26-35)48-24-23-47-39)45(46-2)44(51-30-34-17-11-6-12-18-34)43(50-29-33-15-9-5-10-16-33)42(41(53-45)31-52-54)49-28-32-13-7-4-8-14-32/h4-22,26-27,41-44H,3,23-25,28-31H2,1-2H3/t41-,42-,43+,44-,45?/m1/s1. The van der Waals surface area contributed by atoms with E-state index in [9.17, 15) is 0 Å². The van der Waals surface area contributed by atoms with Crippen molar-refractivity contribution < 1.29 is 37.6 Å². The Morgan fingerprint density at radius 2 is 1.22 bits per heavy atom. The Hall–Kier alpha value is -4.32. The van der Waals surface area contributed by atoms with Crippen LogP contribution in [0, 0.1) is 0 Å². The Balaban J connectivity index is 1.31. The summed E-state index contributed by atoms with van der Waals surface area (Å²) in [6.45, 7) is 4.38. The van der Waals surface area contributed by atoms with Crippen molar-refractivity contribution in [1.82, 2.24) is 0 Å². The van der Waals surface area contributed by atoms with Gasteiger partial charge in [0.25, 0.3) is 0 Å². The zero-order chi connectivity index (χ0) is 37.2. The number of aryl methyl sites for hydroxylation is 1. The monoisotopic (exact) mass is 743 g/mol. The molecule has 0 aromatic heterocycles. The highest BCUT2D eigenvalue weighted by molar-refractivity contribution is 5.97. The van der Waals surface area contributed by atoms with Crippen LogP contribution in [-0.2, 0) is 66.6 Å².